The summed E-state index contributed by atoms with van der Waals surface area (Å²) in [5, 5.41) is 1.41. The van der Waals surface area contributed by atoms with Gasteiger partial charge in [-0.2, -0.15) is 0 Å². The minimum absolute atomic E-state index is 0.495. The summed E-state index contributed by atoms with van der Waals surface area (Å²) in [6, 6.07) is 26.1. The highest BCUT2D eigenvalue weighted by Gasteiger charge is 2.23. The van der Waals surface area contributed by atoms with Gasteiger partial charge in [-0.1, -0.05) is 72.9 Å². The summed E-state index contributed by atoms with van der Waals surface area (Å²) < 4.78 is 11.8. The quantitative estimate of drug-likeness (QED) is 0.587. The van der Waals surface area contributed by atoms with Gasteiger partial charge in [-0.15, -0.1) is 0 Å². The van der Waals surface area contributed by atoms with Gasteiger partial charge < -0.3 is 9.47 Å². The Bertz CT molecular complexity index is 791. The molecule has 0 aliphatic heterocycles. The Morgan fingerprint density at radius 2 is 1.48 bits per heavy atom. The van der Waals surface area contributed by atoms with Gasteiger partial charge in [-0.25, -0.2) is 4.98 Å². The van der Waals surface area contributed by atoms with Gasteiger partial charge in [0.1, 0.15) is 13.8 Å². The molecule has 4 heteroatoms. The van der Waals surface area contributed by atoms with Crippen LogP contribution in [0.1, 0.15) is 5.69 Å². The molecular formula is C21H23NO2Si. The fraction of sp³-hybridized carbons (Fsp3) is 0.190. The average Bonchev–Trinajstić information content (AvgIpc) is 2.63. The van der Waals surface area contributed by atoms with Crippen molar-refractivity contribution in [2.24, 2.45) is 0 Å². The van der Waals surface area contributed by atoms with E-state index in [1.54, 1.807) is 0 Å². The Kier molecular flexibility index (Phi) is 5.63. The number of ether oxygens (including phenoxy) is 2. The molecule has 0 saturated carbocycles. The van der Waals surface area contributed by atoms with E-state index in [1.165, 1.54) is 5.19 Å². The molecule has 2 aromatic carbocycles. The summed E-state index contributed by atoms with van der Waals surface area (Å²) in [6.45, 7) is 5.14. The largest absolute Gasteiger partial charge is 0.439 e. The van der Waals surface area contributed by atoms with Crippen LogP contribution in [-0.2, 0) is 11.3 Å². The molecule has 0 aliphatic carbocycles. The first kappa shape index (κ1) is 17.4. The summed E-state index contributed by atoms with van der Waals surface area (Å²) in [5.41, 5.74) is 0.881. The van der Waals surface area contributed by atoms with Crippen molar-refractivity contribution in [1.82, 2.24) is 4.98 Å². The number of aromatic nitrogens is 1. The molecular weight excluding hydrogens is 326 g/mol. The van der Waals surface area contributed by atoms with Crippen molar-refractivity contribution in [3.05, 3.63) is 84.6 Å². The van der Waals surface area contributed by atoms with Gasteiger partial charge in [-0.05, 0) is 18.2 Å². The molecule has 0 bridgehead atoms. The van der Waals surface area contributed by atoms with Crippen molar-refractivity contribution in [3.63, 3.8) is 0 Å². The molecule has 3 aromatic rings. The lowest BCUT2D eigenvalue weighted by atomic mass is 10.3. The lowest BCUT2D eigenvalue weighted by Gasteiger charge is -2.22. The minimum Gasteiger partial charge on any atom is -0.439 e. The molecule has 3 rings (SSSR count). The van der Waals surface area contributed by atoms with Crippen LogP contribution in [0.25, 0.3) is 0 Å². The van der Waals surface area contributed by atoms with E-state index in [9.17, 15) is 0 Å². The number of hydrogen-bond donors (Lipinski definition) is 0. The van der Waals surface area contributed by atoms with Crippen LogP contribution >= 0.6 is 0 Å². The third-order valence-electron chi connectivity index (χ3n) is 4.01. The van der Waals surface area contributed by atoms with Gasteiger partial charge in [0.05, 0.1) is 12.3 Å². The first-order valence-electron chi connectivity index (χ1n) is 8.46. The maximum Gasteiger partial charge on any atom is 0.219 e. The summed E-state index contributed by atoms with van der Waals surface area (Å²) >= 11 is 0. The summed E-state index contributed by atoms with van der Waals surface area (Å²) in [5.74, 6) is 1.37. The second-order valence-electron chi connectivity index (χ2n) is 6.62. The molecule has 128 valence electrons. The average molecular weight is 350 g/mol. The number of pyridine rings is 1. The molecule has 0 fully saturated rings. The number of benzene rings is 2. The number of para-hydroxylation sites is 1. The molecule has 25 heavy (non-hydrogen) atoms. The zero-order valence-corrected chi connectivity index (χ0v) is 15.7. The molecule has 1 aromatic heterocycles. The normalized spacial score (nSPS) is 11.3. The highest BCUT2D eigenvalue weighted by Crippen LogP contribution is 2.19. The van der Waals surface area contributed by atoms with E-state index in [-0.39, 0.29) is 0 Å². The second kappa shape index (κ2) is 8.10. The first-order valence-corrected chi connectivity index (χ1v) is 11.7. The topological polar surface area (TPSA) is 31.4 Å². The third kappa shape index (κ3) is 5.02. The van der Waals surface area contributed by atoms with Crippen molar-refractivity contribution >= 4 is 13.3 Å². The van der Waals surface area contributed by atoms with Crippen LogP contribution in [0.15, 0.2) is 78.9 Å². The Morgan fingerprint density at radius 1 is 0.800 bits per heavy atom. The van der Waals surface area contributed by atoms with Crippen LogP contribution in [-0.4, -0.2) is 19.3 Å². The van der Waals surface area contributed by atoms with E-state index in [0.29, 0.717) is 12.5 Å². The number of hydrogen-bond acceptors (Lipinski definition) is 3. The van der Waals surface area contributed by atoms with Crippen LogP contribution < -0.4 is 9.92 Å². The van der Waals surface area contributed by atoms with E-state index in [4.69, 9.17) is 9.47 Å². The van der Waals surface area contributed by atoms with Gasteiger partial charge >= 0.3 is 0 Å². The van der Waals surface area contributed by atoms with E-state index < -0.39 is 8.07 Å². The highest BCUT2D eigenvalue weighted by molar-refractivity contribution is 6.89. The predicted octanol–water partition coefficient (Wildman–Crippen LogP) is 4.55. The SMILES string of the molecule is C[Si](C)(COCc1cccc(Oc2ccccc2)n1)c1ccccc1. The summed E-state index contributed by atoms with van der Waals surface area (Å²) in [7, 11) is -1.59. The lowest BCUT2D eigenvalue weighted by Crippen LogP contribution is -2.46. The molecule has 0 radical (unpaired) electrons. The molecule has 0 saturated heterocycles. The molecule has 0 amide bonds. The molecule has 1 heterocycles. The van der Waals surface area contributed by atoms with Crippen LogP contribution in [0.5, 0.6) is 11.6 Å². The monoisotopic (exact) mass is 349 g/mol. The van der Waals surface area contributed by atoms with Crippen LogP contribution in [0.4, 0.5) is 0 Å². The highest BCUT2D eigenvalue weighted by atomic mass is 28.3. The second-order valence-corrected chi connectivity index (χ2v) is 11.3. The van der Waals surface area contributed by atoms with Crippen LogP contribution in [0.3, 0.4) is 0 Å². The van der Waals surface area contributed by atoms with Gasteiger partial charge in [-0.3, -0.25) is 0 Å². The fourth-order valence-electron chi connectivity index (χ4n) is 2.59. The Morgan fingerprint density at radius 3 is 2.20 bits per heavy atom. The summed E-state index contributed by atoms with van der Waals surface area (Å²) in [6.07, 6.45) is 0.766. The van der Waals surface area contributed by atoms with Crippen molar-refractivity contribution in [1.29, 1.82) is 0 Å². The molecule has 0 atom stereocenters. The maximum atomic E-state index is 5.99. The number of nitrogens with zero attached hydrogens (tertiary/aromatic N) is 1. The van der Waals surface area contributed by atoms with E-state index >= 15 is 0 Å². The molecule has 0 spiro atoms. The summed E-state index contributed by atoms with van der Waals surface area (Å²) in [4.78, 5) is 4.53. The van der Waals surface area contributed by atoms with Crippen molar-refractivity contribution in [2.75, 3.05) is 6.23 Å². The van der Waals surface area contributed by atoms with Gasteiger partial charge in [0.2, 0.25) is 5.88 Å². The predicted molar refractivity (Wildman–Crippen MR) is 104 cm³/mol. The van der Waals surface area contributed by atoms with E-state index in [0.717, 1.165) is 17.7 Å². The van der Waals surface area contributed by atoms with Gasteiger partial charge in [0.15, 0.2) is 0 Å². The van der Waals surface area contributed by atoms with Crippen molar-refractivity contribution in [3.8, 4) is 11.6 Å². The molecule has 0 unspecified atom stereocenters. The lowest BCUT2D eigenvalue weighted by molar-refractivity contribution is 0.156. The third-order valence-corrected chi connectivity index (χ3v) is 6.84. The van der Waals surface area contributed by atoms with Crippen molar-refractivity contribution in [2.45, 2.75) is 19.7 Å². The first-order chi connectivity index (χ1) is 12.1. The number of rotatable bonds is 7. The standard InChI is InChI=1S/C21H23NO2Si/c1-25(2,20-13-7-4-8-14-20)17-23-16-18-10-9-15-21(22-18)24-19-11-5-3-6-12-19/h3-15H,16-17H2,1-2H3. The smallest absolute Gasteiger partial charge is 0.219 e. The van der Waals surface area contributed by atoms with Crippen LogP contribution in [0.2, 0.25) is 13.1 Å². The van der Waals surface area contributed by atoms with Crippen molar-refractivity contribution < 1.29 is 9.47 Å². The Labute approximate surface area is 150 Å². The molecule has 3 nitrogen and oxygen atoms in total. The van der Waals surface area contributed by atoms with Gasteiger partial charge in [0.25, 0.3) is 0 Å². The van der Waals surface area contributed by atoms with Gasteiger partial charge in [0, 0.05) is 12.3 Å². The Balaban J connectivity index is 1.58. The van der Waals surface area contributed by atoms with Crippen LogP contribution in [0, 0.1) is 0 Å². The molecule has 0 aliphatic rings. The fourth-order valence-corrected chi connectivity index (χ4v) is 4.46. The van der Waals surface area contributed by atoms with E-state index in [2.05, 4.69) is 48.4 Å². The molecule has 0 N–H and O–H groups in total. The minimum atomic E-state index is -1.59. The van der Waals surface area contributed by atoms with E-state index in [1.807, 2.05) is 48.5 Å². The Hall–Kier alpha value is -2.43. The zero-order valence-electron chi connectivity index (χ0n) is 14.7. The zero-order chi connectivity index (χ0) is 17.5. The maximum absolute atomic E-state index is 5.99.